The molecule has 0 spiro atoms. The molecule has 4 N–H and O–H groups in total. The maximum absolute atomic E-state index is 12.9. The number of anilines is 2. The van der Waals surface area contributed by atoms with Gasteiger partial charge in [-0.15, -0.1) is 0 Å². The van der Waals surface area contributed by atoms with E-state index in [-0.39, 0.29) is 57.8 Å². The zero-order valence-electron chi connectivity index (χ0n) is 39.4. The summed E-state index contributed by atoms with van der Waals surface area (Å²) < 4.78 is 10.7. The minimum Gasteiger partial charge on any atom is -0.459 e. The van der Waals surface area contributed by atoms with Gasteiger partial charge in [0.25, 0.3) is 11.4 Å². The summed E-state index contributed by atoms with van der Waals surface area (Å²) in [4.78, 5) is 82.4. The highest BCUT2D eigenvalue weighted by molar-refractivity contribution is 6.33. The third-order valence-electron chi connectivity index (χ3n) is 8.29. The number of hydrogen-bond acceptors (Lipinski definition) is 20. The van der Waals surface area contributed by atoms with E-state index in [2.05, 4.69) is 44.4 Å². The van der Waals surface area contributed by atoms with E-state index in [1.54, 1.807) is 53.7 Å². The lowest BCUT2D eigenvalue weighted by molar-refractivity contribution is -0.385. The Hall–Kier alpha value is -6.76. The molecule has 68 heavy (non-hydrogen) atoms. The molecule has 0 bridgehead atoms. The average Bonchev–Trinajstić information content (AvgIpc) is 3.24. The molecule has 0 fully saturated rings. The van der Waals surface area contributed by atoms with Gasteiger partial charge in [-0.2, -0.15) is 9.97 Å². The third kappa shape index (κ3) is 22.2. The number of aromatic nitrogens is 4. The molecule has 372 valence electrons. The summed E-state index contributed by atoms with van der Waals surface area (Å²) in [5.41, 5.74) is 4.91. The Morgan fingerprint density at radius 1 is 0.676 bits per heavy atom. The van der Waals surface area contributed by atoms with Gasteiger partial charge in [0.05, 0.1) is 19.7 Å². The first-order valence-corrected chi connectivity index (χ1v) is 21.7. The first-order valence-electron chi connectivity index (χ1n) is 20.9. The lowest BCUT2D eigenvalue weighted by atomic mass is 10.0. The summed E-state index contributed by atoms with van der Waals surface area (Å²) in [6.45, 7) is 21.8. The fourth-order valence-corrected chi connectivity index (χ4v) is 5.54. The van der Waals surface area contributed by atoms with E-state index in [4.69, 9.17) is 38.4 Å². The number of nitrogens with two attached hydrogens (primary N) is 1. The number of nitro groups is 4. The molecule has 0 aliphatic heterocycles. The van der Waals surface area contributed by atoms with Gasteiger partial charge >= 0.3 is 23.3 Å². The van der Waals surface area contributed by atoms with E-state index >= 15 is 0 Å². The molecule has 0 amide bonds. The van der Waals surface area contributed by atoms with Crippen molar-refractivity contribution in [3.8, 4) is 0 Å². The van der Waals surface area contributed by atoms with Crippen molar-refractivity contribution in [2.45, 2.75) is 105 Å². The second-order valence-corrected chi connectivity index (χ2v) is 16.7. The first-order chi connectivity index (χ1) is 31.7. The van der Waals surface area contributed by atoms with Gasteiger partial charge in [0, 0.05) is 43.8 Å². The van der Waals surface area contributed by atoms with Gasteiger partial charge < -0.3 is 30.7 Å². The van der Waals surface area contributed by atoms with E-state index in [9.17, 15) is 50.0 Å². The number of benzene rings is 2. The largest absolute Gasteiger partial charge is 0.459 e. The van der Waals surface area contributed by atoms with Crippen LogP contribution in [0.25, 0.3) is 0 Å². The molecule has 2 aromatic heterocycles. The normalized spacial score (nSPS) is 11.6. The second kappa shape index (κ2) is 28.4. The summed E-state index contributed by atoms with van der Waals surface area (Å²) in [7, 11) is 0. The van der Waals surface area contributed by atoms with Gasteiger partial charge in [-0.05, 0) is 97.6 Å². The van der Waals surface area contributed by atoms with Crippen molar-refractivity contribution < 1.29 is 38.8 Å². The Morgan fingerprint density at radius 2 is 1.12 bits per heavy atom. The van der Waals surface area contributed by atoms with Crippen LogP contribution in [0.2, 0.25) is 10.4 Å². The van der Waals surface area contributed by atoms with Crippen LogP contribution >= 0.6 is 23.2 Å². The fraction of sp³-hybridized carbons (Fsp3) is 0.476. The Morgan fingerprint density at radius 3 is 1.50 bits per heavy atom. The maximum Gasteiger partial charge on any atom is 0.329 e. The standard InChI is InChI=1S/C21H28N6O6.C13H18N2O4.C4HCl2N3O2.C4H11N/c1-6-25(7-2)20-22-13-17(27(31)32)18(24-20)23-16(19(28)33-21(3,4)5)12-14-8-10-15(11-9-14)26(29)30;1-13(2,3)19-12(16)11(14)8-9-4-6-10(7-5-9)15(17)18;5-3-2(9(10)11)1-7-4(6)8-3;1-3-5-4-2/h8-11,13,16H,6-7,12H2,1-5H3,(H,22,23,24);4-7,11H,8,14H2,1-3H3;1H;5H,3-4H2,1-2H3/t16-;11-;;/m00../s1. The Kier molecular flexibility index (Phi) is 24.8. The number of hydrogen-bond donors (Lipinski definition) is 3. The van der Waals surface area contributed by atoms with Gasteiger partial charge in [-0.3, -0.25) is 45.3 Å². The molecule has 0 saturated heterocycles. The molecule has 0 aliphatic carbocycles. The number of nitro benzene ring substituents is 2. The number of rotatable bonds is 17. The molecule has 26 heteroatoms. The van der Waals surface area contributed by atoms with Crippen LogP contribution in [0.5, 0.6) is 0 Å². The summed E-state index contributed by atoms with van der Waals surface area (Å²) in [5.74, 6) is -0.954. The monoisotopic (exact) mass is 992 g/mol. The number of ether oxygens (including phenoxy) is 2. The van der Waals surface area contributed by atoms with Crippen LogP contribution in [-0.4, -0.2) is 101 Å². The van der Waals surface area contributed by atoms with Crippen molar-refractivity contribution >= 4 is 69.7 Å². The van der Waals surface area contributed by atoms with E-state index in [0.717, 1.165) is 31.0 Å². The molecule has 24 nitrogen and oxygen atoms in total. The summed E-state index contributed by atoms with van der Waals surface area (Å²) in [5, 5.41) is 48.7. The lowest BCUT2D eigenvalue weighted by Crippen LogP contribution is -2.38. The zero-order chi connectivity index (χ0) is 51.9. The number of nitrogens with zero attached hydrogens (tertiary/aromatic N) is 9. The zero-order valence-corrected chi connectivity index (χ0v) is 40.9. The van der Waals surface area contributed by atoms with Crippen LogP contribution < -0.4 is 21.3 Å². The van der Waals surface area contributed by atoms with Crippen LogP contribution in [-0.2, 0) is 31.9 Å². The summed E-state index contributed by atoms with van der Waals surface area (Å²) >= 11 is 10.6. The molecule has 0 radical (unpaired) electrons. The second-order valence-electron chi connectivity index (χ2n) is 16.0. The van der Waals surface area contributed by atoms with Gasteiger partial charge in [0.15, 0.2) is 0 Å². The number of carbonyl (C=O) groups excluding carboxylic acids is 2. The predicted octanol–water partition coefficient (Wildman–Crippen LogP) is 7.62. The third-order valence-corrected chi connectivity index (χ3v) is 8.75. The molecular formula is C42H58Cl2N12O12. The fourth-order valence-electron chi connectivity index (χ4n) is 5.16. The number of halogens is 2. The Bertz CT molecular complexity index is 2290. The number of carbonyl (C=O) groups is 2. The van der Waals surface area contributed by atoms with Crippen LogP contribution in [0, 0.1) is 40.5 Å². The van der Waals surface area contributed by atoms with E-state index < -0.39 is 54.9 Å². The molecule has 2 aromatic carbocycles. The smallest absolute Gasteiger partial charge is 0.329 e. The van der Waals surface area contributed by atoms with Crippen LogP contribution in [0.15, 0.2) is 60.9 Å². The highest BCUT2D eigenvalue weighted by Gasteiger charge is 2.30. The number of nitrogens with one attached hydrogen (secondary N) is 2. The van der Waals surface area contributed by atoms with Crippen LogP contribution in [0.1, 0.15) is 80.4 Å². The summed E-state index contributed by atoms with van der Waals surface area (Å²) in [6.07, 6.45) is 2.40. The van der Waals surface area contributed by atoms with Gasteiger partial charge in [0.2, 0.25) is 22.2 Å². The molecule has 2 heterocycles. The SMILES string of the molecule is CC(C)(C)OC(=O)[C@@H](N)Cc1ccc([N+](=O)[O-])cc1.CCN(CC)c1ncc([N+](=O)[O-])c(N[C@@H](Cc2ccc([N+](=O)[O-])cc2)C(=O)OC(C)(C)C)n1.CCNCC.O=[N+]([O-])c1cnc(Cl)nc1Cl. The average molecular weight is 994 g/mol. The van der Waals surface area contributed by atoms with Crippen molar-refractivity contribution in [3.05, 3.63) is 123 Å². The Balaban J connectivity index is 0.000000549. The molecule has 0 saturated carbocycles. The highest BCUT2D eigenvalue weighted by atomic mass is 35.5. The van der Waals surface area contributed by atoms with Gasteiger partial charge in [-0.1, -0.05) is 49.7 Å². The molecule has 0 unspecified atom stereocenters. The first kappa shape index (κ1) is 59.3. The molecule has 4 rings (SSSR count). The van der Waals surface area contributed by atoms with Crippen molar-refractivity contribution in [1.29, 1.82) is 0 Å². The van der Waals surface area contributed by atoms with Crippen LogP contribution in [0.3, 0.4) is 0 Å². The minimum absolute atomic E-state index is 0.00888. The van der Waals surface area contributed by atoms with Crippen molar-refractivity contribution in [2.75, 3.05) is 36.4 Å². The number of non-ortho nitro benzene ring substituents is 2. The van der Waals surface area contributed by atoms with Crippen molar-refractivity contribution in [3.63, 3.8) is 0 Å². The minimum atomic E-state index is -1.04. The molecule has 4 aromatic rings. The Labute approximate surface area is 402 Å². The quantitative estimate of drug-likeness (QED) is 0.0301. The highest BCUT2D eigenvalue weighted by Crippen LogP contribution is 2.26. The van der Waals surface area contributed by atoms with Gasteiger partial charge in [0.1, 0.15) is 35.7 Å². The lowest BCUT2D eigenvalue weighted by Gasteiger charge is -2.25. The van der Waals surface area contributed by atoms with E-state index in [0.29, 0.717) is 18.7 Å². The topological polar surface area (TPSA) is 330 Å². The summed E-state index contributed by atoms with van der Waals surface area (Å²) in [6, 6.07) is 9.82. The predicted molar refractivity (Wildman–Crippen MR) is 256 cm³/mol. The van der Waals surface area contributed by atoms with Crippen molar-refractivity contribution in [1.82, 2.24) is 25.3 Å². The van der Waals surface area contributed by atoms with Crippen LogP contribution in [0.4, 0.5) is 34.5 Å². The van der Waals surface area contributed by atoms with E-state index in [1.165, 1.54) is 36.4 Å². The molecule has 0 aliphatic rings. The molecular weight excluding hydrogens is 935 g/mol. The maximum atomic E-state index is 12.9. The van der Waals surface area contributed by atoms with E-state index in [1.807, 2.05) is 18.7 Å². The van der Waals surface area contributed by atoms with Gasteiger partial charge in [-0.25, -0.2) is 14.8 Å². The van der Waals surface area contributed by atoms with Crippen molar-refractivity contribution in [2.24, 2.45) is 5.73 Å². The molecule has 2 atom stereocenters. The number of esters is 2.